The van der Waals surface area contributed by atoms with Crippen molar-refractivity contribution in [1.29, 1.82) is 0 Å². The van der Waals surface area contributed by atoms with Crippen molar-refractivity contribution in [3.63, 3.8) is 0 Å². The van der Waals surface area contributed by atoms with E-state index in [4.69, 9.17) is 5.73 Å². The molecule has 1 unspecified atom stereocenters. The van der Waals surface area contributed by atoms with Gasteiger partial charge in [-0.15, -0.1) is 5.10 Å². The first-order chi connectivity index (χ1) is 12.9. The average Bonchev–Trinajstić information content (AvgIpc) is 3.16. The molecule has 146 valence electrons. The van der Waals surface area contributed by atoms with Gasteiger partial charge in [0.05, 0.1) is 17.4 Å². The lowest BCUT2D eigenvalue weighted by atomic mass is 9.84. The average molecular weight is 381 g/mol. The van der Waals surface area contributed by atoms with Crippen molar-refractivity contribution in [3.05, 3.63) is 41.7 Å². The maximum Gasteiger partial charge on any atom is 0.418 e. The first-order valence-electron chi connectivity index (χ1n) is 9.00. The molecule has 0 radical (unpaired) electrons. The van der Waals surface area contributed by atoms with E-state index in [1.54, 1.807) is 0 Å². The third-order valence-corrected chi connectivity index (χ3v) is 4.97. The zero-order valence-electron chi connectivity index (χ0n) is 14.7. The van der Waals surface area contributed by atoms with Gasteiger partial charge in [-0.2, -0.15) is 13.2 Å². The summed E-state index contributed by atoms with van der Waals surface area (Å²) in [5.41, 5.74) is 4.75. The van der Waals surface area contributed by atoms with Crippen molar-refractivity contribution in [2.45, 2.75) is 44.3 Å². The van der Waals surface area contributed by atoms with Gasteiger partial charge < -0.3 is 11.1 Å². The number of halogens is 3. The fourth-order valence-electron chi connectivity index (χ4n) is 3.55. The van der Waals surface area contributed by atoms with E-state index in [2.05, 4.69) is 15.6 Å². The lowest BCUT2D eigenvalue weighted by molar-refractivity contribution is -0.137. The van der Waals surface area contributed by atoms with Crippen LogP contribution in [0, 0.1) is 5.92 Å². The molecule has 0 aliphatic heterocycles. The molecular formula is C18H22F3N5O. The first-order valence-corrected chi connectivity index (χ1v) is 9.00. The predicted octanol–water partition coefficient (Wildman–Crippen LogP) is 2.92. The van der Waals surface area contributed by atoms with Gasteiger partial charge in [-0.3, -0.25) is 4.79 Å². The molecule has 0 saturated heterocycles. The zero-order valence-corrected chi connectivity index (χ0v) is 14.7. The van der Waals surface area contributed by atoms with Gasteiger partial charge in [-0.25, -0.2) is 4.68 Å². The maximum atomic E-state index is 13.2. The summed E-state index contributed by atoms with van der Waals surface area (Å²) in [4.78, 5) is 12.5. The highest BCUT2D eigenvalue weighted by Crippen LogP contribution is 2.33. The topological polar surface area (TPSA) is 85.8 Å². The smallest absolute Gasteiger partial charge is 0.346 e. The highest BCUT2D eigenvalue weighted by atomic mass is 19.4. The summed E-state index contributed by atoms with van der Waals surface area (Å²) in [6.45, 7) is 0.307. The molecule has 0 spiro atoms. The van der Waals surface area contributed by atoms with Crippen LogP contribution >= 0.6 is 0 Å². The van der Waals surface area contributed by atoms with E-state index in [1.807, 2.05) is 0 Å². The van der Waals surface area contributed by atoms with Crippen molar-refractivity contribution in [2.75, 3.05) is 6.54 Å². The minimum Gasteiger partial charge on any atom is -0.346 e. The van der Waals surface area contributed by atoms with Crippen LogP contribution in [-0.4, -0.2) is 33.5 Å². The van der Waals surface area contributed by atoms with Gasteiger partial charge in [-0.05, 0) is 30.9 Å². The molecule has 1 aromatic carbocycles. The number of benzene rings is 1. The lowest BCUT2D eigenvalue weighted by Crippen LogP contribution is -2.46. The molecule has 3 rings (SSSR count). The summed E-state index contributed by atoms with van der Waals surface area (Å²) in [6, 6.07) is 4.84. The molecule has 1 amide bonds. The van der Waals surface area contributed by atoms with Gasteiger partial charge in [0.15, 0.2) is 5.69 Å². The van der Waals surface area contributed by atoms with Crippen LogP contribution in [0.3, 0.4) is 0 Å². The maximum absolute atomic E-state index is 13.2. The van der Waals surface area contributed by atoms with E-state index < -0.39 is 17.6 Å². The van der Waals surface area contributed by atoms with E-state index in [-0.39, 0.29) is 17.4 Å². The van der Waals surface area contributed by atoms with Crippen LogP contribution in [0.15, 0.2) is 30.5 Å². The molecule has 3 N–H and O–H groups in total. The van der Waals surface area contributed by atoms with Crippen LogP contribution < -0.4 is 11.1 Å². The number of carbonyl (C=O) groups excluding carboxylic acids is 1. The fraction of sp³-hybridized carbons (Fsp3) is 0.500. The number of carbonyl (C=O) groups is 1. The summed E-state index contributed by atoms with van der Waals surface area (Å²) >= 11 is 0. The van der Waals surface area contributed by atoms with E-state index in [1.165, 1.54) is 30.8 Å². The van der Waals surface area contributed by atoms with Crippen LogP contribution in [-0.2, 0) is 6.18 Å². The Morgan fingerprint density at radius 2 is 1.96 bits per heavy atom. The Balaban J connectivity index is 1.77. The molecule has 1 aliphatic rings. The Hall–Kier alpha value is -2.42. The van der Waals surface area contributed by atoms with Gasteiger partial charge in [-0.1, -0.05) is 36.6 Å². The van der Waals surface area contributed by atoms with Crippen LogP contribution in [0.1, 0.15) is 48.2 Å². The van der Waals surface area contributed by atoms with Gasteiger partial charge in [0, 0.05) is 12.6 Å². The molecule has 1 aliphatic carbocycles. The number of hydrogen-bond donors (Lipinski definition) is 2. The molecular weight excluding hydrogens is 359 g/mol. The number of para-hydroxylation sites is 1. The Morgan fingerprint density at radius 3 is 2.63 bits per heavy atom. The quantitative estimate of drug-likeness (QED) is 0.834. The summed E-state index contributed by atoms with van der Waals surface area (Å²) in [7, 11) is 0. The molecule has 1 fully saturated rings. The highest BCUT2D eigenvalue weighted by Gasteiger charge is 2.34. The number of aromatic nitrogens is 3. The third kappa shape index (κ3) is 4.47. The van der Waals surface area contributed by atoms with Crippen LogP contribution in [0.4, 0.5) is 13.2 Å². The summed E-state index contributed by atoms with van der Waals surface area (Å²) in [6.07, 6.45) is 2.10. The third-order valence-electron chi connectivity index (χ3n) is 4.97. The standard InChI is InChI=1S/C18H22F3N5O/c19-18(20,21)13-8-4-5-9-16(13)26-11-15(24-25-26)17(27)23-14(10-22)12-6-2-1-3-7-12/h4-5,8-9,11-12,14H,1-3,6-7,10,22H2,(H,23,27). The molecule has 6 nitrogen and oxygen atoms in total. The second-order valence-corrected chi connectivity index (χ2v) is 6.78. The number of amides is 1. The molecule has 27 heavy (non-hydrogen) atoms. The van der Waals surface area contributed by atoms with Gasteiger partial charge >= 0.3 is 6.18 Å². The molecule has 1 heterocycles. The van der Waals surface area contributed by atoms with E-state index in [0.29, 0.717) is 12.5 Å². The fourth-order valence-corrected chi connectivity index (χ4v) is 3.55. The van der Waals surface area contributed by atoms with Crippen LogP contribution in [0.25, 0.3) is 5.69 Å². The Kier molecular flexibility index (Phi) is 5.79. The van der Waals surface area contributed by atoms with Crippen molar-refractivity contribution in [3.8, 4) is 5.69 Å². The minimum atomic E-state index is -4.53. The van der Waals surface area contributed by atoms with Gasteiger partial charge in [0.1, 0.15) is 0 Å². The normalized spacial score (nSPS) is 16.9. The monoisotopic (exact) mass is 381 g/mol. The van der Waals surface area contributed by atoms with E-state index >= 15 is 0 Å². The minimum absolute atomic E-state index is 0.0405. The summed E-state index contributed by atoms with van der Waals surface area (Å²) in [5.74, 6) is -0.166. The Morgan fingerprint density at radius 1 is 1.26 bits per heavy atom. The second kappa shape index (κ2) is 8.08. The van der Waals surface area contributed by atoms with Gasteiger partial charge in [0.25, 0.3) is 5.91 Å². The zero-order chi connectivity index (χ0) is 19.4. The van der Waals surface area contributed by atoms with Crippen molar-refractivity contribution in [2.24, 2.45) is 11.7 Å². The number of alkyl halides is 3. The summed E-state index contributed by atoms with van der Waals surface area (Å²) < 4.78 is 40.5. The van der Waals surface area contributed by atoms with E-state index in [9.17, 15) is 18.0 Å². The summed E-state index contributed by atoms with van der Waals surface area (Å²) in [5, 5.41) is 10.3. The predicted molar refractivity (Wildman–Crippen MR) is 93.2 cm³/mol. The van der Waals surface area contributed by atoms with Crippen molar-refractivity contribution < 1.29 is 18.0 Å². The van der Waals surface area contributed by atoms with Crippen LogP contribution in [0.5, 0.6) is 0 Å². The Bertz CT molecular complexity index is 783. The number of hydrogen-bond acceptors (Lipinski definition) is 4. The van der Waals surface area contributed by atoms with Crippen molar-refractivity contribution >= 4 is 5.91 Å². The molecule has 2 aromatic rings. The van der Waals surface area contributed by atoms with Gasteiger partial charge in [0.2, 0.25) is 0 Å². The molecule has 1 atom stereocenters. The second-order valence-electron chi connectivity index (χ2n) is 6.78. The number of nitrogens with zero attached hydrogens (tertiary/aromatic N) is 3. The molecule has 0 bridgehead atoms. The number of nitrogens with two attached hydrogens (primary N) is 1. The van der Waals surface area contributed by atoms with Crippen molar-refractivity contribution in [1.82, 2.24) is 20.3 Å². The first kappa shape index (κ1) is 19.3. The SMILES string of the molecule is NCC(NC(=O)c1cn(-c2ccccc2C(F)(F)F)nn1)C1CCCCC1. The Labute approximate surface area is 154 Å². The molecule has 1 aromatic heterocycles. The van der Waals surface area contributed by atoms with E-state index in [0.717, 1.165) is 36.4 Å². The molecule has 1 saturated carbocycles. The number of rotatable bonds is 5. The largest absolute Gasteiger partial charge is 0.418 e. The molecule has 9 heteroatoms. The number of nitrogens with one attached hydrogen (secondary N) is 1. The van der Waals surface area contributed by atoms with Crippen LogP contribution in [0.2, 0.25) is 0 Å². The lowest BCUT2D eigenvalue weighted by Gasteiger charge is -2.29. The highest BCUT2D eigenvalue weighted by molar-refractivity contribution is 5.92.